The van der Waals surface area contributed by atoms with Crippen LogP contribution in [0.1, 0.15) is 47.3 Å². The lowest BCUT2D eigenvalue weighted by atomic mass is 10.0. The van der Waals surface area contributed by atoms with E-state index in [4.69, 9.17) is 0 Å². The second-order valence-electron chi connectivity index (χ2n) is 9.72. The molecular weight excluding hydrogens is 428 g/mol. The fourth-order valence-corrected chi connectivity index (χ4v) is 5.02. The Kier molecular flexibility index (Phi) is 5.02. The molecule has 1 aromatic carbocycles. The van der Waals surface area contributed by atoms with Crippen LogP contribution in [0.25, 0.3) is 16.6 Å². The minimum absolute atomic E-state index is 0.217. The summed E-state index contributed by atoms with van der Waals surface area (Å²) in [4.78, 5) is 20.2. The second kappa shape index (κ2) is 8.09. The van der Waals surface area contributed by atoms with E-state index in [1.807, 2.05) is 45.4 Å². The second-order valence-corrected chi connectivity index (χ2v) is 9.72. The topological polar surface area (TPSA) is 92.4 Å². The van der Waals surface area contributed by atoms with Crippen molar-refractivity contribution in [3.05, 3.63) is 47.4 Å². The summed E-state index contributed by atoms with van der Waals surface area (Å²) in [6.07, 6.45) is 8.80. The number of piperidine rings is 1. The van der Waals surface area contributed by atoms with E-state index < -0.39 is 0 Å². The maximum atomic E-state index is 13.3. The number of carbonyl (C=O) groups excluding carboxylic acids is 1. The number of carbonyl (C=O) groups is 1. The maximum absolute atomic E-state index is 13.3. The zero-order valence-corrected chi connectivity index (χ0v) is 19.9. The minimum Gasteiger partial charge on any atom is -0.371 e. The fraction of sp³-hybridized carbons (Fsp3) is 0.440. The zero-order chi connectivity index (χ0) is 23.4. The molecule has 9 nitrogen and oxygen atoms in total. The summed E-state index contributed by atoms with van der Waals surface area (Å²) < 4.78 is 3.50. The smallest absolute Gasteiger partial charge is 0.259 e. The first-order valence-corrected chi connectivity index (χ1v) is 12.1. The molecule has 1 saturated heterocycles. The molecule has 0 radical (unpaired) electrons. The van der Waals surface area contributed by atoms with Gasteiger partial charge in [-0.05, 0) is 63.3 Å². The van der Waals surface area contributed by atoms with Gasteiger partial charge in [-0.25, -0.2) is 9.50 Å². The normalized spacial score (nSPS) is 17.1. The average Bonchev–Trinajstić information content (AvgIpc) is 3.40. The van der Waals surface area contributed by atoms with Crippen LogP contribution in [0.15, 0.2) is 30.6 Å². The van der Waals surface area contributed by atoms with Crippen LogP contribution >= 0.6 is 0 Å². The van der Waals surface area contributed by atoms with E-state index in [0.717, 1.165) is 60.0 Å². The molecule has 1 amide bonds. The Bertz CT molecular complexity index is 1390. The van der Waals surface area contributed by atoms with Crippen molar-refractivity contribution in [2.75, 3.05) is 23.3 Å². The summed E-state index contributed by atoms with van der Waals surface area (Å²) in [7, 11) is 1.90. The van der Waals surface area contributed by atoms with E-state index >= 15 is 0 Å². The van der Waals surface area contributed by atoms with Crippen molar-refractivity contribution in [3.63, 3.8) is 0 Å². The van der Waals surface area contributed by atoms with Gasteiger partial charge < -0.3 is 15.5 Å². The van der Waals surface area contributed by atoms with Gasteiger partial charge in [-0.15, -0.1) is 5.10 Å². The first kappa shape index (κ1) is 21.1. The SMILES string of the molecule is Cc1cn2nc(NC(=O)c3ccc(N4CCC(NC5CC5)CC4)c4cn(C)nc34)cc(C)c2n1. The van der Waals surface area contributed by atoms with Crippen LogP contribution in [0, 0.1) is 13.8 Å². The van der Waals surface area contributed by atoms with Gasteiger partial charge in [-0.1, -0.05) is 0 Å². The number of nitrogens with zero attached hydrogens (tertiary/aromatic N) is 6. The molecule has 3 aromatic heterocycles. The fourth-order valence-electron chi connectivity index (χ4n) is 5.02. The number of imidazole rings is 1. The molecule has 34 heavy (non-hydrogen) atoms. The van der Waals surface area contributed by atoms with Crippen molar-refractivity contribution in [2.24, 2.45) is 7.05 Å². The number of hydrogen-bond acceptors (Lipinski definition) is 6. The van der Waals surface area contributed by atoms with Crippen molar-refractivity contribution < 1.29 is 4.79 Å². The first-order chi connectivity index (χ1) is 16.4. The molecule has 9 heteroatoms. The van der Waals surface area contributed by atoms with Gasteiger partial charge in [0.2, 0.25) is 0 Å². The molecule has 4 heterocycles. The number of hydrogen-bond donors (Lipinski definition) is 2. The van der Waals surface area contributed by atoms with E-state index in [2.05, 4.69) is 36.8 Å². The number of rotatable bonds is 5. The summed E-state index contributed by atoms with van der Waals surface area (Å²) >= 11 is 0. The van der Waals surface area contributed by atoms with Crippen LogP contribution in [0.2, 0.25) is 0 Å². The van der Waals surface area contributed by atoms with Crippen LogP contribution in [-0.4, -0.2) is 55.5 Å². The minimum atomic E-state index is -0.217. The zero-order valence-electron chi connectivity index (χ0n) is 19.9. The Morgan fingerprint density at radius 3 is 2.56 bits per heavy atom. The number of amides is 1. The molecule has 1 aliphatic heterocycles. The van der Waals surface area contributed by atoms with Gasteiger partial charge >= 0.3 is 0 Å². The third-order valence-corrected chi connectivity index (χ3v) is 6.87. The van der Waals surface area contributed by atoms with Crippen LogP contribution in [-0.2, 0) is 7.05 Å². The van der Waals surface area contributed by atoms with Crippen molar-refractivity contribution in [1.29, 1.82) is 0 Å². The van der Waals surface area contributed by atoms with E-state index in [1.165, 1.54) is 12.8 Å². The highest BCUT2D eigenvalue weighted by molar-refractivity contribution is 6.13. The number of fused-ring (bicyclic) bond motifs is 2. The summed E-state index contributed by atoms with van der Waals surface area (Å²) in [6, 6.07) is 7.17. The molecule has 2 N–H and O–H groups in total. The predicted molar refractivity (Wildman–Crippen MR) is 133 cm³/mol. The highest BCUT2D eigenvalue weighted by Gasteiger charge is 2.28. The van der Waals surface area contributed by atoms with Gasteiger partial charge in [0, 0.05) is 49.5 Å². The van der Waals surface area contributed by atoms with Gasteiger partial charge in [0.15, 0.2) is 11.5 Å². The Labute approximate surface area is 198 Å². The Morgan fingerprint density at radius 2 is 1.79 bits per heavy atom. The van der Waals surface area contributed by atoms with Crippen LogP contribution in [0.3, 0.4) is 0 Å². The Hall–Kier alpha value is -3.46. The van der Waals surface area contributed by atoms with Crippen molar-refractivity contribution >= 4 is 34.0 Å². The van der Waals surface area contributed by atoms with Gasteiger partial charge in [-0.3, -0.25) is 9.48 Å². The predicted octanol–water partition coefficient (Wildman–Crippen LogP) is 3.21. The summed E-state index contributed by atoms with van der Waals surface area (Å²) in [5.41, 5.74) is 5.04. The largest absolute Gasteiger partial charge is 0.371 e. The average molecular weight is 459 g/mol. The molecule has 0 bridgehead atoms. The molecular formula is C25H30N8O. The number of nitrogens with one attached hydrogen (secondary N) is 2. The van der Waals surface area contributed by atoms with Crippen molar-refractivity contribution in [1.82, 2.24) is 29.7 Å². The molecule has 176 valence electrons. The number of aromatic nitrogens is 5. The number of anilines is 2. The molecule has 6 rings (SSSR count). The van der Waals surface area contributed by atoms with Crippen LogP contribution in [0.4, 0.5) is 11.5 Å². The molecule has 2 aliphatic rings. The standard InChI is InChI=1S/C25H30N8O/c1-15-12-22(29-33-13-16(2)26-24(15)33)28-25(34)19-6-7-21(20-14-31(3)30-23(19)20)32-10-8-18(9-11-32)27-17-4-5-17/h6-7,12-14,17-18,27H,4-5,8-11H2,1-3H3,(H,28,29,34). The highest BCUT2D eigenvalue weighted by Crippen LogP contribution is 2.32. The van der Waals surface area contributed by atoms with Crippen LogP contribution in [0.5, 0.6) is 0 Å². The number of aryl methyl sites for hydroxylation is 3. The summed E-state index contributed by atoms with van der Waals surface area (Å²) in [6.45, 7) is 5.91. The Balaban J connectivity index is 1.26. The quantitative estimate of drug-likeness (QED) is 0.477. The molecule has 0 spiro atoms. The Morgan fingerprint density at radius 1 is 1.03 bits per heavy atom. The molecule has 0 unspecified atom stereocenters. The van der Waals surface area contributed by atoms with E-state index in [9.17, 15) is 4.79 Å². The van der Waals surface area contributed by atoms with E-state index in [-0.39, 0.29) is 5.91 Å². The lowest BCUT2D eigenvalue weighted by Crippen LogP contribution is -2.43. The lowest BCUT2D eigenvalue weighted by Gasteiger charge is -2.34. The highest BCUT2D eigenvalue weighted by atomic mass is 16.1. The van der Waals surface area contributed by atoms with Gasteiger partial charge in [0.05, 0.1) is 17.5 Å². The lowest BCUT2D eigenvalue weighted by molar-refractivity contribution is 0.102. The maximum Gasteiger partial charge on any atom is 0.259 e. The molecule has 4 aromatic rings. The van der Waals surface area contributed by atoms with Crippen molar-refractivity contribution in [2.45, 2.75) is 51.6 Å². The third kappa shape index (κ3) is 3.90. The first-order valence-electron chi connectivity index (χ1n) is 12.1. The number of benzene rings is 1. The monoisotopic (exact) mass is 458 g/mol. The third-order valence-electron chi connectivity index (χ3n) is 6.87. The van der Waals surface area contributed by atoms with E-state index in [1.54, 1.807) is 9.20 Å². The molecule has 2 fully saturated rings. The van der Waals surface area contributed by atoms with Crippen molar-refractivity contribution in [3.8, 4) is 0 Å². The van der Waals surface area contributed by atoms with Gasteiger partial charge in [0.1, 0.15) is 5.52 Å². The summed E-state index contributed by atoms with van der Waals surface area (Å²) in [5.74, 6) is 0.275. The summed E-state index contributed by atoms with van der Waals surface area (Å²) in [5, 5.41) is 16.9. The molecule has 1 aliphatic carbocycles. The van der Waals surface area contributed by atoms with Gasteiger partial charge in [0.25, 0.3) is 5.91 Å². The molecule has 1 saturated carbocycles. The van der Waals surface area contributed by atoms with Crippen LogP contribution < -0.4 is 15.5 Å². The van der Waals surface area contributed by atoms with Gasteiger partial charge in [-0.2, -0.15) is 5.10 Å². The van der Waals surface area contributed by atoms with E-state index in [0.29, 0.717) is 22.9 Å². The molecule has 0 atom stereocenters.